The number of nitrogens with one attached hydrogen (secondary N) is 3. The lowest BCUT2D eigenvalue weighted by Gasteiger charge is -2.13. The summed E-state index contributed by atoms with van der Waals surface area (Å²) in [5.41, 5.74) is 7.43. The quantitative estimate of drug-likeness (QED) is 0.395. The molecule has 0 aliphatic carbocycles. The van der Waals surface area contributed by atoms with Crippen LogP contribution in [-0.4, -0.2) is 24.3 Å². The summed E-state index contributed by atoms with van der Waals surface area (Å²) < 4.78 is 6.32. The Morgan fingerprint density at radius 3 is 2.24 bits per heavy atom. The van der Waals surface area contributed by atoms with Crippen molar-refractivity contribution >= 4 is 39.3 Å². The summed E-state index contributed by atoms with van der Waals surface area (Å²) in [5.74, 6) is -0.794. The number of carbonyl (C=O) groups excluding carboxylic acids is 3. The van der Waals surface area contributed by atoms with Gasteiger partial charge >= 0.3 is 0 Å². The standard InChI is InChI=1S/C25H24BrN3O4/c1-3-14-33-22-13-10-18(26)15-21(22)25(32)29-28-23(30)17-8-11-19(12-9-17)27-24(31)20-7-5-4-6-16(20)2/h4-13,15H,3,14H2,1-2H3,(H,27,31)(H,28,30)(H,29,32). The third-order valence-corrected chi connectivity index (χ3v) is 5.23. The highest BCUT2D eigenvalue weighted by molar-refractivity contribution is 9.10. The Morgan fingerprint density at radius 2 is 1.55 bits per heavy atom. The normalized spacial score (nSPS) is 10.3. The molecule has 0 saturated heterocycles. The van der Waals surface area contributed by atoms with E-state index in [1.54, 1.807) is 54.6 Å². The highest BCUT2D eigenvalue weighted by Gasteiger charge is 2.15. The van der Waals surface area contributed by atoms with E-state index in [0.717, 1.165) is 12.0 Å². The van der Waals surface area contributed by atoms with E-state index in [-0.39, 0.29) is 5.91 Å². The molecule has 33 heavy (non-hydrogen) atoms. The van der Waals surface area contributed by atoms with Crippen LogP contribution in [0.1, 0.15) is 50.0 Å². The number of rotatable bonds is 7. The van der Waals surface area contributed by atoms with E-state index in [1.165, 1.54) is 0 Å². The second-order valence-electron chi connectivity index (χ2n) is 7.24. The Hall–Kier alpha value is -3.65. The highest BCUT2D eigenvalue weighted by atomic mass is 79.9. The predicted octanol–water partition coefficient (Wildman–Crippen LogP) is 4.87. The fraction of sp³-hybridized carbons (Fsp3) is 0.160. The number of ether oxygens (including phenoxy) is 1. The van der Waals surface area contributed by atoms with Gasteiger partial charge in [-0.25, -0.2) is 0 Å². The first-order valence-electron chi connectivity index (χ1n) is 10.4. The molecule has 7 nitrogen and oxygen atoms in total. The second-order valence-corrected chi connectivity index (χ2v) is 8.16. The zero-order valence-corrected chi connectivity index (χ0v) is 19.9. The molecule has 0 bridgehead atoms. The summed E-state index contributed by atoms with van der Waals surface area (Å²) in [6.07, 6.45) is 0.801. The van der Waals surface area contributed by atoms with Crippen molar-refractivity contribution in [3.8, 4) is 5.75 Å². The van der Waals surface area contributed by atoms with Crippen molar-refractivity contribution in [2.24, 2.45) is 0 Å². The van der Waals surface area contributed by atoms with Gasteiger partial charge in [0.2, 0.25) is 0 Å². The fourth-order valence-corrected chi connectivity index (χ4v) is 3.36. The molecular formula is C25H24BrN3O4. The molecule has 0 heterocycles. The van der Waals surface area contributed by atoms with Crippen LogP contribution >= 0.6 is 15.9 Å². The summed E-state index contributed by atoms with van der Waals surface area (Å²) in [5, 5.41) is 2.81. The van der Waals surface area contributed by atoms with Crippen LogP contribution in [0.2, 0.25) is 0 Å². The van der Waals surface area contributed by atoms with Gasteiger partial charge < -0.3 is 10.1 Å². The van der Waals surface area contributed by atoms with Crippen molar-refractivity contribution in [1.82, 2.24) is 10.9 Å². The Balaban J connectivity index is 1.60. The van der Waals surface area contributed by atoms with Crippen molar-refractivity contribution in [3.63, 3.8) is 0 Å². The molecule has 3 amide bonds. The SMILES string of the molecule is CCCOc1ccc(Br)cc1C(=O)NNC(=O)c1ccc(NC(=O)c2ccccc2C)cc1. The van der Waals surface area contributed by atoms with Crippen LogP contribution in [0.4, 0.5) is 5.69 Å². The molecule has 0 aromatic heterocycles. The molecule has 3 aromatic carbocycles. The van der Waals surface area contributed by atoms with E-state index in [4.69, 9.17) is 4.74 Å². The summed E-state index contributed by atoms with van der Waals surface area (Å²) in [4.78, 5) is 37.5. The van der Waals surface area contributed by atoms with E-state index in [0.29, 0.717) is 39.2 Å². The van der Waals surface area contributed by atoms with E-state index in [9.17, 15) is 14.4 Å². The molecular weight excluding hydrogens is 486 g/mol. The second kappa shape index (κ2) is 11.3. The lowest BCUT2D eigenvalue weighted by atomic mass is 10.1. The van der Waals surface area contributed by atoms with Gasteiger partial charge in [-0.05, 0) is 67.4 Å². The van der Waals surface area contributed by atoms with Crippen molar-refractivity contribution in [2.45, 2.75) is 20.3 Å². The Morgan fingerprint density at radius 1 is 0.848 bits per heavy atom. The molecule has 0 fully saturated rings. The molecule has 0 spiro atoms. The minimum absolute atomic E-state index is 0.229. The number of hydrazine groups is 1. The van der Waals surface area contributed by atoms with Gasteiger partial charge in [0, 0.05) is 21.3 Å². The van der Waals surface area contributed by atoms with Crippen molar-refractivity contribution < 1.29 is 19.1 Å². The minimum Gasteiger partial charge on any atom is -0.493 e. The molecule has 0 aliphatic rings. The molecule has 170 valence electrons. The lowest BCUT2D eigenvalue weighted by molar-refractivity contribution is 0.0844. The maximum Gasteiger partial charge on any atom is 0.273 e. The molecule has 0 atom stereocenters. The summed E-state index contributed by atoms with van der Waals surface area (Å²) in [7, 11) is 0. The minimum atomic E-state index is -0.502. The van der Waals surface area contributed by atoms with E-state index < -0.39 is 11.8 Å². The van der Waals surface area contributed by atoms with Gasteiger partial charge in [-0.15, -0.1) is 0 Å². The maximum absolute atomic E-state index is 12.6. The zero-order chi connectivity index (χ0) is 23.8. The highest BCUT2D eigenvalue weighted by Crippen LogP contribution is 2.23. The van der Waals surface area contributed by atoms with E-state index in [1.807, 2.05) is 26.0 Å². The van der Waals surface area contributed by atoms with Gasteiger partial charge in [-0.3, -0.25) is 25.2 Å². The molecule has 0 saturated carbocycles. The Kier molecular flexibility index (Phi) is 8.21. The van der Waals surface area contributed by atoms with Crippen LogP contribution in [-0.2, 0) is 0 Å². The number of hydrogen-bond acceptors (Lipinski definition) is 4. The van der Waals surface area contributed by atoms with Crippen LogP contribution < -0.4 is 20.9 Å². The van der Waals surface area contributed by atoms with Gasteiger partial charge in [-0.1, -0.05) is 41.1 Å². The third-order valence-electron chi connectivity index (χ3n) is 4.73. The number of amides is 3. The zero-order valence-electron chi connectivity index (χ0n) is 18.3. The summed E-state index contributed by atoms with van der Waals surface area (Å²) in [6, 6.07) is 18.7. The number of hydrogen-bond donors (Lipinski definition) is 3. The smallest absolute Gasteiger partial charge is 0.273 e. The predicted molar refractivity (Wildman–Crippen MR) is 130 cm³/mol. The number of benzene rings is 3. The largest absolute Gasteiger partial charge is 0.493 e. The number of halogens is 1. The van der Waals surface area contributed by atoms with Crippen LogP contribution in [0, 0.1) is 6.92 Å². The monoisotopic (exact) mass is 509 g/mol. The number of anilines is 1. The van der Waals surface area contributed by atoms with Crippen molar-refractivity contribution in [3.05, 3.63) is 93.5 Å². The van der Waals surface area contributed by atoms with E-state index >= 15 is 0 Å². The first kappa shape index (κ1) is 24.0. The van der Waals surface area contributed by atoms with E-state index in [2.05, 4.69) is 32.1 Å². The van der Waals surface area contributed by atoms with Crippen LogP contribution in [0.25, 0.3) is 0 Å². The number of carbonyl (C=O) groups is 3. The Labute approximate surface area is 200 Å². The molecule has 3 aromatic rings. The summed E-state index contributed by atoms with van der Waals surface area (Å²) in [6.45, 7) is 4.31. The van der Waals surface area contributed by atoms with Crippen molar-refractivity contribution in [2.75, 3.05) is 11.9 Å². The van der Waals surface area contributed by atoms with Crippen LogP contribution in [0.15, 0.2) is 71.2 Å². The van der Waals surface area contributed by atoms with Gasteiger partial charge in [-0.2, -0.15) is 0 Å². The van der Waals surface area contributed by atoms with Gasteiger partial charge in [0.05, 0.1) is 12.2 Å². The van der Waals surface area contributed by atoms with Gasteiger partial charge in [0.1, 0.15) is 5.75 Å². The first-order valence-corrected chi connectivity index (χ1v) is 11.2. The maximum atomic E-state index is 12.6. The molecule has 3 N–H and O–H groups in total. The van der Waals surface area contributed by atoms with Crippen LogP contribution in [0.5, 0.6) is 5.75 Å². The molecule has 0 aliphatic heterocycles. The molecule has 3 rings (SSSR count). The molecule has 0 unspecified atom stereocenters. The summed E-state index contributed by atoms with van der Waals surface area (Å²) >= 11 is 3.34. The lowest BCUT2D eigenvalue weighted by Crippen LogP contribution is -2.41. The average molecular weight is 510 g/mol. The van der Waals surface area contributed by atoms with Crippen LogP contribution in [0.3, 0.4) is 0 Å². The first-order chi connectivity index (χ1) is 15.9. The number of aryl methyl sites for hydroxylation is 1. The fourth-order valence-electron chi connectivity index (χ4n) is 3.00. The van der Waals surface area contributed by atoms with Crippen molar-refractivity contribution in [1.29, 1.82) is 0 Å². The average Bonchev–Trinajstić information content (AvgIpc) is 2.82. The molecule has 0 radical (unpaired) electrons. The Bertz CT molecular complexity index is 1160. The topological polar surface area (TPSA) is 96.5 Å². The van der Waals surface area contributed by atoms with Gasteiger partial charge in [0.15, 0.2) is 0 Å². The molecule has 8 heteroatoms. The third kappa shape index (κ3) is 6.43. The van der Waals surface area contributed by atoms with Gasteiger partial charge in [0.25, 0.3) is 17.7 Å².